The molecular weight excluding hydrogens is 246 g/mol. The predicted molar refractivity (Wildman–Crippen MR) is 81.3 cm³/mol. The van der Waals surface area contributed by atoms with Crippen molar-refractivity contribution in [1.29, 1.82) is 0 Å². The van der Waals surface area contributed by atoms with E-state index in [0.717, 1.165) is 10.5 Å². The van der Waals surface area contributed by atoms with Crippen molar-refractivity contribution < 1.29 is 9.59 Å². The number of fused-ring (bicyclic) bond motifs is 1. The highest BCUT2D eigenvalue weighted by atomic mass is 32.2. The molecule has 0 saturated heterocycles. The summed E-state index contributed by atoms with van der Waals surface area (Å²) < 4.78 is 2.76. The van der Waals surface area contributed by atoms with Crippen LogP contribution in [0.1, 0.15) is 45.5 Å². The zero-order chi connectivity index (χ0) is 12.1. The monoisotopic (exact) mass is 269 g/mol. The molecule has 2 rings (SSSR count). The smallest absolute Gasteiger partial charge is 0.262 e. The van der Waals surface area contributed by atoms with Gasteiger partial charge in [-0.15, -0.1) is 0 Å². The van der Waals surface area contributed by atoms with Crippen LogP contribution in [0.3, 0.4) is 0 Å². The lowest BCUT2D eigenvalue weighted by molar-refractivity contribution is -0.116. The first-order valence-electron chi connectivity index (χ1n) is 4.99. The van der Waals surface area contributed by atoms with E-state index in [0.29, 0.717) is 6.42 Å². The van der Waals surface area contributed by atoms with E-state index in [1.54, 1.807) is 6.92 Å². The topological polar surface area (TPSA) is 46.2 Å². The number of benzene rings is 1. The first-order valence-corrected chi connectivity index (χ1v) is 6.39. The molecule has 1 aliphatic heterocycles. The Bertz CT molecular complexity index is 408. The van der Waals surface area contributed by atoms with Crippen molar-refractivity contribution in [3.63, 3.8) is 0 Å². The quantitative estimate of drug-likeness (QED) is 0.791. The lowest BCUT2D eigenvalue weighted by Gasteiger charge is -1.94. The highest BCUT2D eigenvalue weighted by molar-refractivity contribution is 8.13. The van der Waals surface area contributed by atoms with E-state index in [1.807, 2.05) is 31.2 Å². The average molecular weight is 269 g/mol. The minimum Gasteiger partial charge on any atom is -0.300 e. The van der Waals surface area contributed by atoms with Crippen molar-refractivity contribution >= 4 is 28.2 Å². The van der Waals surface area contributed by atoms with Gasteiger partial charge >= 0.3 is 0 Å². The van der Waals surface area contributed by atoms with Gasteiger partial charge in [0, 0.05) is 11.3 Å². The number of rotatable bonds is 1. The van der Waals surface area contributed by atoms with E-state index < -0.39 is 0 Å². The Kier molecular flexibility index (Phi) is 9.09. The van der Waals surface area contributed by atoms with Gasteiger partial charge in [-0.3, -0.25) is 9.52 Å². The van der Waals surface area contributed by atoms with Crippen LogP contribution < -0.4 is 4.72 Å². The summed E-state index contributed by atoms with van der Waals surface area (Å²) in [7, 11) is -0.327. The first-order chi connectivity index (χ1) is 7.56. The number of hydrogen-bond donors (Lipinski definition) is 1. The molecule has 1 amide bonds. The fourth-order valence-electron chi connectivity index (χ4n) is 1.09. The van der Waals surface area contributed by atoms with Crippen molar-refractivity contribution in [3.05, 3.63) is 29.8 Å². The fourth-order valence-corrected chi connectivity index (χ4v) is 2.20. The Hall–Kier alpha value is -1.42. The van der Waals surface area contributed by atoms with Gasteiger partial charge in [-0.25, -0.2) is 0 Å². The van der Waals surface area contributed by atoms with Gasteiger partial charge in [0.1, 0.15) is 5.78 Å². The molecule has 0 fully saturated rings. The van der Waals surface area contributed by atoms with E-state index >= 15 is 0 Å². The Morgan fingerprint density at radius 2 is 1.83 bits per heavy atom. The summed E-state index contributed by atoms with van der Waals surface area (Å²) >= 11 is 0. The highest BCUT2D eigenvalue weighted by Crippen LogP contribution is 2.30. The maximum absolute atomic E-state index is 11.1. The standard InChI is InChI=1S/C8H7NOS.C4H8O.2CH4/c1-11-7-5-3-2-4-6(7)8(10)9-11;1-3-4(2)5;;/h2-5H,1H2,(H,9,10);3H2,1-2H3;2*1H4. The molecule has 102 valence electrons. The van der Waals surface area contributed by atoms with Gasteiger partial charge < -0.3 is 4.79 Å². The zero-order valence-corrected chi connectivity index (χ0v) is 10.3. The molecule has 1 N–H and O–H groups in total. The molecule has 0 bridgehead atoms. The van der Waals surface area contributed by atoms with Gasteiger partial charge in [-0.2, -0.15) is 0 Å². The molecule has 3 nitrogen and oxygen atoms in total. The third-order valence-corrected chi connectivity index (χ3v) is 3.43. The van der Waals surface area contributed by atoms with Crippen LogP contribution in [-0.4, -0.2) is 17.6 Å². The van der Waals surface area contributed by atoms with E-state index in [9.17, 15) is 9.59 Å². The number of ketones is 1. The summed E-state index contributed by atoms with van der Waals surface area (Å²) in [6.45, 7) is 3.43. The van der Waals surface area contributed by atoms with E-state index in [1.165, 1.54) is 0 Å². The van der Waals surface area contributed by atoms with Gasteiger partial charge in [0.2, 0.25) is 0 Å². The number of carbonyl (C=O) groups is 2. The molecule has 0 aliphatic carbocycles. The van der Waals surface area contributed by atoms with Crippen molar-refractivity contribution in [2.45, 2.75) is 40.0 Å². The second-order valence-electron chi connectivity index (χ2n) is 3.37. The van der Waals surface area contributed by atoms with Crippen molar-refractivity contribution in [2.24, 2.45) is 0 Å². The summed E-state index contributed by atoms with van der Waals surface area (Å²) in [5, 5.41) is 0. The van der Waals surface area contributed by atoms with Gasteiger partial charge in [0.05, 0.1) is 5.56 Å². The molecule has 0 aromatic heterocycles. The maximum Gasteiger partial charge on any atom is 0.262 e. The third-order valence-electron chi connectivity index (χ3n) is 2.11. The van der Waals surface area contributed by atoms with Crippen LogP contribution in [0.25, 0.3) is 0 Å². The minimum atomic E-state index is -0.327. The van der Waals surface area contributed by atoms with Gasteiger partial charge in [0.15, 0.2) is 0 Å². The molecule has 1 aliphatic rings. The molecule has 0 saturated carbocycles. The number of Topliss-reactive ketones (excluding diaryl/α,β-unsaturated/α-hetero) is 1. The Morgan fingerprint density at radius 1 is 1.33 bits per heavy atom. The molecule has 0 radical (unpaired) electrons. The van der Waals surface area contributed by atoms with Gasteiger partial charge in [0.25, 0.3) is 5.91 Å². The molecule has 1 aromatic rings. The summed E-state index contributed by atoms with van der Waals surface area (Å²) in [6.07, 6.45) is 0.667. The molecule has 0 spiro atoms. The minimum absolute atomic E-state index is 0. The average Bonchev–Trinajstić information content (AvgIpc) is 2.56. The Labute approximate surface area is 113 Å². The third kappa shape index (κ3) is 4.84. The van der Waals surface area contributed by atoms with Crippen molar-refractivity contribution in [1.82, 2.24) is 4.72 Å². The van der Waals surface area contributed by atoms with E-state index in [2.05, 4.69) is 10.6 Å². The van der Waals surface area contributed by atoms with Crippen molar-refractivity contribution in [3.8, 4) is 0 Å². The summed E-state index contributed by atoms with van der Waals surface area (Å²) in [6, 6.07) is 7.54. The van der Waals surface area contributed by atoms with Crippen LogP contribution in [0.2, 0.25) is 0 Å². The molecule has 18 heavy (non-hydrogen) atoms. The predicted octanol–water partition coefficient (Wildman–Crippen LogP) is 3.66. The van der Waals surface area contributed by atoms with Crippen molar-refractivity contribution in [2.75, 3.05) is 0 Å². The fraction of sp³-hybridized carbons (Fsp3) is 0.357. The lowest BCUT2D eigenvalue weighted by atomic mass is 10.2. The van der Waals surface area contributed by atoms with Crippen LogP contribution in [-0.2, 0) is 4.79 Å². The number of nitrogens with one attached hydrogen (secondary N) is 1. The van der Waals surface area contributed by atoms with Crippen LogP contribution in [0.4, 0.5) is 0 Å². The Balaban J connectivity index is 0. The lowest BCUT2D eigenvalue weighted by Crippen LogP contribution is -2.08. The Morgan fingerprint density at radius 3 is 2.28 bits per heavy atom. The highest BCUT2D eigenvalue weighted by Gasteiger charge is 2.19. The molecule has 1 heterocycles. The second kappa shape index (κ2) is 8.64. The summed E-state index contributed by atoms with van der Waals surface area (Å²) in [4.78, 5) is 22.0. The summed E-state index contributed by atoms with van der Waals surface area (Å²) in [5.74, 6) is 4.08. The molecule has 1 aromatic carbocycles. The van der Waals surface area contributed by atoms with E-state index in [4.69, 9.17) is 0 Å². The van der Waals surface area contributed by atoms with Gasteiger partial charge in [-0.1, -0.05) is 50.5 Å². The van der Waals surface area contributed by atoms with Crippen LogP contribution in [0.5, 0.6) is 0 Å². The maximum atomic E-state index is 11.1. The first kappa shape index (κ1) is 18.9. The van der Waals surface area contributed by atoms with Gasteiger partial charge in [-0.05, 0) is 19.1 Å². The number of amides is 1. The van der Waals surface area contributed by atoms with Crippen LogP contribution in [0, 0.1) is 0 Å². The molecular formula is C14H23NO2S. The van der Waals surface area contributed by atoms with E-state index in [-0.39, 0.29) is 37.2 Å². The number of hydrogen-bond acceptors (Lipinski definition) is 2. The number of carbonyl (C=O) groups excluding carboxylic acids is 2. The van der Waals surface area contributed by atoms with Crippen LogP contribution in [0.15, 0.2) is 29.2 Å². The SMILES string of the molecule is C.C.C=S1NC(=O)c2ccccc21.CCC(C)=O. The molecule has 1 unspecified atom stereocenters. The zero-order valence-electron chi connectivity index (χ0n) is 9.45. The van der Waals surface area contributed by atoms with Crippen LogP contribution >= 0.6 is 10.7 Å². The molecule has 1 atom stereocenters. The second-order valence-corrected chi connectivity index (χ2v) is 4.80. The normalized spacial score (nSPS) is 15.0. The molecule has 4 heteroatoms. The largest absolute Gasteiger partial charge is 0.300 e. The summed E-state index contributed by atoms with van der Waals surface area (Å²) in [5.41, 5.74) is 0.769.